The number of amides is 1. The van der Waals surface area contributed by atoms with Crippen LogP contribution in [0.4, 0.5) is 5.69 Å². The SMILES string of the molecule is C[C@@H]1Cc2cc(Br)ccc2N1C(=O)Cc1ccccc1. The number of halogens is 1. The molecule has 0 aliphatic carbocycles. The van der Waals surface area contributed by atoms with Crippen molar-refractivity contribution in [3.63, 3.8) is 0 Å². The van der Waals surface area contributed by atoms with Crippen molar-refractivity contribution in [1.29, 1.82) is 0 Å². The lowest BCUT2D eigenvalue weighted by Gasteiger charge is -2.22. The largest absolute Gasteiger partial charge is 0.309 e. The van der Waals surface area contributed by atoms with Gasteiger partial charge in [-0.15, -0.1) is 0 Å². The Morgan fingerprint density at radius 3 is 2.75 bits per heavy atom. The number of hydrogen-bond donors (Lipinski definition) is 0. The van der Waals surface area contributed by atoms with Crippen LogP contribution in [0.1, 0.15) is 18.1 Å². The number of anilines is 1. The number of rotatable bonds is 2. The summed E-state index contributed by atoms with van der Waals surface area (Å²) in [7, 11) is 0. The van der Waals surface area contributed by atoms with Crippen LogP contribution < -0.4 is 4.90 Å². The van der Waals surface area contributed by atoms with Gasteiger partial charge in [-0.3, -0.25) is 4.79 Å². The lowest BCUT2D eigenvalue weighted by Crippen LogP contribution is -2.36. The van der Waals surface area contributed by atoms with E-state index in [1.165, 1.54) is 5.56 Å². The third-order valence-electron chi connectivity index (χ3n) is 3.72. The van der Waals surface area contributed by atoms with Crippen molar-refractivity contribution in [2.45, 2.75) is 25.8 Å². The molecule has 1 aliphatic heterocycles. The summed E-state index contributed by atoms with van der Waals surface area (Å²) in [4.78, 5) is 14.5. The van der Waals surface area contributed by atoms with E-state index in [-0.39, 0.29) is 11.9 Å². The summed E-state index contributed by atoms with van der Waals surface area (Å²) in [6.07, 6.45) is 1.38. The summed E-state index contributed by atoms with van der Waals surface area (Å²) < 4.78 is 1.07. The first-order chi connectivity index (χ1) is 9.65. The molecule has 0 saturated carbocycles. The summed E-state index contributed by atoms with van der Waals surface area (Å²) >= 11 is 3.49. The van der Waals surface area contributed by atoms with Crippen LogP contribution in [0.2, 0.25) is 0 Å². The Hall–Kier alpha value is -1.61. The minimum atomic E-state index is 0.171. The first-order valence-corrected chi connectivity index (χ1v) is 7.59. The van der Waals surface area contributed by atoms with Crippen molar-refractivity contribution < 1.29 is 4.79 Å². The summed E-state index contributed by atoms with van der Waals surface area (Å²) in [6, 6.07) is 16.3. The Morgan fingerprint density at radius 1 is 1.25 bits per heavy atom. The molecule has 1 aliphatic rings. The van der Waals surface area contributed by atoms with Gasteiger partial charge in [-0.25, -0.2) is 0 Å². The predicted molar refractivity (Wildman–Crippen MR) is 84.9 cm³/mol. The van der Waals surface area contributed by atoms with Gasteiger partial charge in [0.25, 0.3) is 0 Å². The van der Waals surface area contributed by atoms with Gasteiger partial charge in [-0.1, -0.05) is 46.3 Å². The van der Waals surface area contributed by atoms with Gasteiger partial charge in [0, 0.05) is 16.2 Å². The molecular formula is C17H16BrNO. The highest BCUT2D eigenvalue weighted by atomic mass is 79.9. The third-order valence-corrected chi connectivity index (χ3v) is 4.22. The summed E-state index contributed by atoms with van der Waals surface area (Å²) in [6.45, 7) is 2.11. The highest BCUT2D eigenvalue weighted by molar-refractivity contribution is 9.10. The average molecular weight is 330 g/mol. The molecule has 0 aromatic heterocycles. The van der Waals surface area contributed by atoms with Crippen molar-refractivity contribution in [2.75, 3.05) is 4.90 Å². The minimum Gasteiger partial charge on any atom is -0.309 e. The molecule has 0 radical (unpaired) electrons. The van der Waals surface area contributed by atoms with E-state index >= 15 is 0 Å². The second-order valence-electron chi connectivity index (χ2n) is 5.25. The molecule has 0 spiro atoms. The molecule has 0 unspecified atom stereocenters. The molecule has 0 fully saturated rings. The van der Waals surface area contributed by atoms with E-state index in [4.69, 9.17) is 0 Å². The van der Waals surface area contributed by atoms with E-state index in [0.717, 1.165) is 22.1 Å². The topological polar surface area (TPSA) is 20.3 Å². The maximum absolute atomic E-state index is 12.6. The van der Waals surface area contributed by atoms with Crippen LogP contribution in [0.3, 0.4) is 0 Å². The van der Waals surface area contributed by atoms with Gasteiger partial charge < -0.3 is 4.90 Å². The highest BCUT2D eigenvalue weighted by Crippen LogP contribution is 2.34. The van der Waals surface area contributed by atoms with Crippen molar-refractivity contribution >= 4 is 27.5 Å². The van der Waals surface area contributed by atoms with Gasteiger partial charge in [0.2, 0.25) is 5.91 Å². The number of carbonyl (C=O) groups is 1. The van der Waals surface area contributed by atoms with E-state index in [1.807, 2.05) is 47.4 Å². The zero-order valence-electron chi connectivity index (χ0n) is 11.3. The number of benzene rings is 2. The molecule has 2 nitrogen and oxygen atoms in total. The zero-order chi connectivity index (χ0) is 14.1. The van der Waals surface area contributed by atoms with Crippen LogP contribution in [-0.4, -0.2) is 11.9 Å². The molecule has 102 valence electrons. The lowest BCUT2D eigenvalue weighted by atomic mass is 10.1. The van der Waals surface area contributed by atoms with Crippen LogP contribution >= 0.6 is 15.9 Å². The number of hydrogen-bond acceptors (Lipinski definition) is 1. The van der Waals surface area contributed by atoms with E-state index in [2.05, 4.69) is 28.9 Å². The standard InChI is InChI=1S/C17H16BrNO/c1-12-9-14-11-15(18)7-8-16(14)19(12)17(20)10-13-5-3-2-4-6-13/h2-8,11-12H,9-10H2,1H3/t12-/m1/s1. The number of carbonyl (C=O) groups excluding carboxylic acids is 1. The third kappa shape index (κ3) is 2.50. The van der Waals surface area contributed by atoms with Gasteiger partial charge in [-0.05, 0) is 42.7 Å². The van der Waals surface area contributed by atoms with Gasteiger partial charge in [0.15, 0.2) is 0 Å². The predicted octanol–water partition coefficient (Wildman–Crippen LogP) is 3.97. The van der Waals surface area contributed by atoms with Gasteiger partial charge in [0.1, 0.15) is 0 Å². The molecular weight excluding hydrogens is 314 g/mol. The Labute approximate surface area is 127 Å². The van der Waals surface area contributed by atoms with Crippen LogP contribution in [-0.2, 0) is 17.6 Å². The second kappa shape index (κ2) is 5.41. The van der Waals surface area contributed by atoms with E-state index in [0.29, 0.717) is 6.42 Å². The molecule has 0 bridgehead atoms. The van der Waals surface area contributed by atoms with Crippen LogP contribution in [0.5, 0.6) is 0 Å². The molecule has 1 heterocycles. The Morgan fingerprint density at radius 2 is 2.00 bits per heavy atom. The maximum atomic E-state index is 12.6. The van der Waals surface area contributed by atoms with Crippen molar-refractivity contribution in [3.8, 4) is 0 Å². The lowest BCUT2D eigenvalue weighted by molar-refractivity contribution is -0.118. The molecule has 0 N–H and O–H groups in total. The normalized spacial score (nSPS) is 17.1. The first-order valence-electron chi connectivity index (χ1n) is 6.79. The van der Waals surface area contributed by atoms with Crippen molar-refractivity contribution in [3.05, 3.63) is 64.1 Å². The van der Waals surface area contributed by atoms with Gasteiger partial charge in [0.05, 0.1) is 6.42 Å². The van der Waals surface area contributed by atoms with E-state index in [9.17, 15) is 4.79 Å². The molecule has 20 heavy (non-hydrogen) atoms. The first kappa shape index (κ1) is 13.4. The van der Waals surface area contributed by atoms with E-state index in [1.54, 1.807) is 0 Å². The Bertz CT molecular complexity index is 639. The minimum absolute atomic E-state index is 0.171. The monoisotopic (exact) mass is 329 g/mol. The highest BCUT2D eigenvalue weighted by Gasteiger charge is 2.30. The van der Waals surface area contributed by atoms with Crippen molar-refractivity contribution in [2.24, 2.45) is 0 Å². The van der Waals surface area contributed by atoms with Crippen LogP contribution in [0, 0.1) is 0 Å². The van der Waals surface area contributed by atoms with Gasteiger partial charge >= 0.3 is 0 Å². The number of nitrogens with zero attached hydrogens (tertiary/aromatic N) is 1. The average Bonchev–Trinajstić information content (AvgIpc) is 2.74. The fourth-order valence-corrected chi connectivity index (χ4v) is 3.24. The number of fused-ring (bicyclic) bond motifs is 1. The second-order valence-corrected chi connectivity index (χ2v) is 6.17. The maximum Gasteiger partial charge on any atom is 0.231 e. The molecule has 1 atom stereocenters. The smallest absolute Gasteiger partial charge is 0.231 e. The Kier molecular flexibility index (Phi) is 3.62. The molecule has 1 amide bonds. The molecule has 2 aromatic rings. The van der Waals surface area contributed by atoms with Gasteiger partial charge in [-0.2, -0.15) is 0 Å². The summed E-state index contributed by atoms with van der Waals surface area (Å²) in [5, 5.41) is 0. The molecule has 0 saturated heterocycles. The fraction of sp³-hybridized carbons (Fsp3) is 0.235. The molecule has 2 aromatic carbocycles. The fourth-order valence-electron chi connectivity index (χ4n) is 2.84. The Balaban J connectivity index is 1.86. The molecule has 3 heteroatoms. The summed E-state index contributed by atoms with van der Waals surface area (Å²) in [5.41, 5.74) is 3.37. The van der Waals surface area contributed by atoms with Crippen LogP contribution in [0.25, 0.3) is 0 Å². The van der Waals surface area contributed by atoms with Crippen molar-refractivity contribution in [1.82, 2.24) is 0 Å². The zero-order valence-corrected chi connectivity index (χ0v) is 12.9. The molecule has 3 rings (SSSR count). The van der Waals surface area contributed by atoms with E-state index < -0.39 is 0 Å². The van der Waals surface area contributed by atoms with Crippen LogP contribution in [0.15, 0.2) is 53.0 Å². The summed E-state index contributed by atoms with van der Waals surface area (Å²) in [5.74, 6) is 0.171. The quantitative estimate of drug-likeness (QED) is 0.816.